The minimum Gasteiger partial charge on any atom is -0.612 e. The second-order valence-electron chi connectivity index (χ2n) is 5.95. The second kappa shape index (κ2) is 6.86. The Balaban J connectivity index is 2.09. The molecular weight excluding hydrogens is 339 g/mol. The summed E-state index contributed by atoms with van der Waals surface area (Å²) in [6.45, 7) is 1.86. The Morgan fingerprint density at radius 2 is 1.88 bits per heavy atom. The van der Waals surface area contributed by atoms with Gasteiger partial charge < -0.3 is 9.66 Å². The minimum absolute atomic E-state index is 0.145. The van der Waals surface area contributed by atoms with E-state index in [1.165, 1.54) is 12.1 Å². The summed E-state index contributed by atoms with van der Waals surface area (Å²) in [7, 11) is 0. The number of rotatable bonds is 4. The van der Waals surface area contributed by atoms with Crippen LogP contribution in [0.1, 0.15) is 30.0 Å². The first-order chi connectivity index (χ1) is 11.9. The predicted octanol–water partition coefficient (Wildman–Crippen LogP) is 4.37. The molecule has 0 saturated carbocycles. The Hall–Kier alpha value is -2.37. The molecule has 2 aromatic carbocycles. The molecule has 1 atom stereocenters. The molecule has 0 saturated heterocycles. The van der Waals surface area contributed by atoms with Gasteiger partial charge in [-0.05, 0) is 94.0 Å². The number of carboxylic acid groups (broad SMARTS) is 1. The van der Waals surface area contributed by atoms with E-state index in [0.717, 1.165) is 27.2 Å². The van der Waals surface area contributed by atoms with Gasteiger partial charge >= 0.3 is 5.97 Å². The van der Waals surface area contributed by atoms with Crippen LogP contribution in [0.15, 0.2) is 52.9 Å². The monoisotopic (exact) mass is 356 g/mol. The van der Waals surface area contributed by atoms with Crippen LogP contribution in [-0.2, 0) is 16.0 Å². The summed E-state index contributed by atoms with van der Waals surface area (Å²) < 4.78 is 25.1. The number of hydrogen-bond donors (Lipinski definition) is 1. The maximum absolute atomic E-state index is 13.7. The van der Waals surface area contributed by atoms with Crippen LogP contribution < -0.4 is 0 Å². The predicted molar refractivity (Wildman–Crippen MR) is 97.9 cm³/mol. The molecule has 3 nitrogen and oxygen atoms in total. The summed E-state index contributed by atoms with van der Waals surface area (Å²) in [5.41, 5.74) is 4.74. The number of hydrogen-bond acceptors (Lipinski definition) is 2. The molecule has 25 heavy (non-hydrogen) atoms. The van der Waals surface area contributed by atoms with Crippen LogP contribution in [0, 0.1) is 5.82 Å². The average Bonchev–Trinajstić information content (AvgIpc) is 2.80. The summed E-state index contributed by atoms with van der Waals surface area (Å²) in [5, 5.41) is 9.17. The van der Waals surface area contributed by atoms with Crippen molar-refractivity contribution in [1.29, 1.82) is 0 Å². The molecule has 0 heterocycles. The first-order valence-corrected chi connectivity index (χ1v) is 9.30. The zero-order chi connectivity index (χ0) is 18.1. The number of fused-ring (bicyclic) bond motifs is 1. The molecular formula is C20H17FO3S. The molecule has 0 spiro atoms. The molecule has 0 amide bonds. The van der Waals surface area contributed by atoms with Crippen molar-refractivity contribution in [3.05, 3.63) is 70.5 Å². The van der Waals surface area contributed by atoms with Gasteiger partial charge in [0.15, 0.2) is 4.90 Å². The Labute approximate surface area is 148 Å². The van der Waals surface area contributed by atoms with Crippen LogP contribution in [0.2, 0.25) is 0 Å². The zero-order valence-corrected chi connectivity index (χ0v) is 14.7. The van der Waals surface area contributed by atoms with Gasteiger partial charge in [0, 0.05) is 0 Å². The molecule has 0 radical (unpaired) electrons. The summed E-state index contributed by atoms with van der Waals surface area (Å²) in [4.78, 5) is 11.9. The van der Waals surface area contributed by atoms with E-state index in [1.807, 2.05) is 25.1 Å². The van der Waals surface area contributed by atoms with Crippen molar-refractivity contribution in [3.8, 4) is 0 Å². The fraction of sp³-hybridized carbons (Fsp3) is 0.150. The standard InChI is InChI=1S/C20H17FO3S/c1-12-17(9-13-3-6-15(7-4-13)25(2)24)16-8-5-14(21)10-19(16)18(12)11-20(22)23/h3-10H,11H2,1-2H3,(H,22,23)/t25-/m0/s1. The molecule has 1 aliphatic carbocycles. The third-order valence-corrected chi connectivity index (χ3v) is 5.24. The highest BCUT2D eigenvalue weighted by Gasteiger charge is 2.25. The quantitative estimate of drug-likeness (QED) is 0.828. The van der Waals surface area contributed by atoms with Gasteiger partial charge in [-0.3, -0.25) is 4.79 Å². The van der Waals surface area contributed by atoms with Crippen molar-refractivity contribution >= 4 is 34.4 Å². The van der Waals surface area contributed by atoms with Gasteiger partial charge in [-0.15, -0.1) is 0 Å². The van der Waals surface area contributed by atoms with Crippen molar-refractivity contribution in [2.75, 3.05) is 6.26 Å². The van der Waals surface area contributed by atoms with Crippen molar-refractivity contribution in [2.45, 2.75) is 18.2 Å². The van der Waals surface area contributed by atoms with E-state index in [-0.39, 0.29) is 12.2 Å². The van der Waals surface area contributed by atoms with E-state index < -0.39 is 17.1 Å². The lowest BCUT2D eigenvalue weighted by molar-refractivity contribution is -0.135. The number of carboxylic acids is 1. The maximum atomic E-state index is 13.7. The van der Waals surface area contributed by atoms with Crippen molar-refractivity contribution in [3.63, 3.8) is 0 Å². The Kier molecular flexibility index (Phi) is 4.79. The number of aliphatic carboxylic acids is 1. The molecule has 0 aromatic heterocycles. The fourth-order valence-electron chi connectivity index (χ4n) is 3.05. The third kappa shape index (κ3) is 3.52. The van der Waals surface area contributed by atoms with Crippen molar-refractivity contribution < 1.29 is 18.8 Å². The average molecular weight is 356 g/mol. The van der Waals surface area contributed by atoms with E-state index in [0.29, 0.717) is 11.1 Å². The van der Waals surface area contributed by atoms with E-state index in [2.05, 4.69) is 0 Å². The van der Waals surface area contributed by atoms with Crippen LogP contribution in [-0.4, -0.2) is 21.9 Å². The highest BCUT2D eigenvalue weighted by Crippen LogP contribution is 2.43. The Bertz CT molecular complexity index is 896. The molecule has 1 N–H and O–H groups in total. The summed E-state index contributed by atoms with van der Waals surface area (Å²) in [5.74, 6) is -1.33. The third-order valence-electron chi connectivity index (χ3n) is 4.30. The van der Waals surface area contributed by atoms with Crippen LogP contribution in [0.25, 0.3) is 17.2 Å². The molecule has 0 aliphatic heterocycles. The number of allylic oxidation sites excluding steroid dienone is 2. The SMILES string of the molecule is CC1=C(CC(=O)O)c2cc(F)ccc2C1=Cc1ccc([S@+](C)[O-])cc1. The highest BCUT2D eigenvalue weighted by atomic mass is 32.2. The summed E-state index contributed by atoms with van der Waals surface area (Å²) in [6, 6.07) is 11.8. The molecule has 2 aromatic rings. The van der Waals surface area contributed by atoms with Crippen LogP contribution in [0.4, 0.5) is 4.39 Å². The van der Waals surface area contributed by atoms with Gasteiger partial charge in [0.1, 0.15) is 12.1 Å². The van der Waals surface area contributed by atoms with Gasteiger partial charge in [0.2, 0.25) is 0 Å². The van der Waals surface area contributed by atoms with E-state index in [1.54, 1.807) is 24.5 Å². The van der Waals surface area contributed by atoms with E-state index in [4.69, 9.17) is 5.11 Å². The molecule has 1 aliphatic rings. The van der Waals surface area contributed by atoms with Gasteiger partial charge in [0.25, 0.3) is 0 Å². The van der Waals surface area contributed by atoms with E-state index >= 15 is 0 Å². The Morgan fingerprint density at radius 1 is 1.20 bits per heavy atom. The number of benzene rings is 2. The fourth-order valence-corrected chi connectivity index (χ4v) is 3.57. The van der Waals surface area contributed by atoms with Gasteiger partial charge in [-0.2, -0.15) is 0 Å². The molecule has 128 valence electrons. The largest absolute Gasteiger partial charge is 0.612 e. The Morgan fingerprint density at radius 3 is 2.48 bits per heavy atom. The maximum Gasteiger partial charge on any atom is 0.307 e. The van der Waals surface area contributed by atoms with Crippen molar-refractivity contribution in [2.24, 2.45) is 0 Å². The summed E-state index contributed by atoms with van der Waals surface area (Å²) >= 11 is -1.04. The van der Waals surface area contributed by atoms with Gasteiger partial charge in [-0.25, -0.2) is 4.39 Å². The zero-order valence-electron chi connectivity index (χ0n) is 13.9. The van der Waals surface area contributed by atoms with Crippen LogP contribution >= 0.6 is 0 Å². The smallest absolute Gasteiger partial charge is 0.307 e. The topological polar surface area (TPSA) is 60.4 Å². The van der Waals surface area contributed by atoms with Crippen LogP contribution in [0.5, 0.6) is 0 Å². The highest BCUT2D eigenvalue weighted by molar-refractivity contribution is 7.90. The molecule has 0 bridgehead atoms. The van der Waals surface area contributed by atoms with Gasteiger partial charge in [0.05, 0.1) is 6.42 Å². The molecule has 0 fully saturated rings. The molecule has 5 heteroatoms. The normalized spacial score (nSPS) is 16.2. The first kappa shape index (κ1) is 17.5. The molecule has 3 rings (SSSR count). The lowest BCUT2D eigenvalue weighted by atomic mass is 10.0. The van der Waals surface area contributed by atoms with Crippen LogP contribution in [0.3, 0.4) is 0 Å². The molecule has 0 unspecified atom stereocenters. The lowest BCUT2D eigenvalue weighted by Crippen LogP contribution is -1.97. The number of halogens is 1. The van der Waals surface area contributed by atoms with Gasteiger partial charge in [-0.1, -0.05) is 6.07 Å². The first-order valence-electron chi connectivity index (χ1n) is 7.74. The summed E-state index contributed by atoms with van der Waals surface area (Å²) in [6.07, 6.45) is 3.43. The second-order valence-corrected chi connectivity index (χ2v) is 7.32. The number of carbonyl (C=O) groups is 1. The lowest BCUT2D eigenvalue weighted by Gasteiger charge is -2.06. The van der Waals surface area contributed by atoms with E-state index in [9.17, 15) is 13.7 Å². The van der Waals surface area contributed by atoms with Crippen molar-refractivity contribution in [1.82, 2.24) is 0 Å². The minimum atomic E-state index is -1.04.